The second kappa shape index (κ2) is 51.0. The molecule has 0 bridgehead atoms. The van der Waals surface area contributed by atoms with E-state index < -0.39 is 18.2 Å². The number of amides is 1. The second-order valence-electron chi connectivity index (χ2n) is 18.0. The van der Waals surface area contributed by atoms with Crippen molar-refractivity contribution in [2.24, 2.45) is 0 Å². The Kier molecular flexibility index (Phi) is 48.7. The number of allylic oxidation sites excluding steroid dienone is 14. The summed E-state index contributed by atoms with van der Waals surface area (Å²) in [5.41, 5.74) is 0. The van der Waals surface area contributed by atoms with Gasteiger partial charge in [-0.15, -0.1) is 0 Å². The van der Waals surface area contributed by atoms with E-state index in [9.17, 15) is 19.8 Å². The van der Waals surface area contributed by atoms with Crippen LogP contribution in [0.15, 0.2) is 85.1 Å². The van der Waals surface area contributed by atoms with E-state index in [4.69, 9.17) is 4.74 Å². The SMILES string of the molecule is CC\C=C/C=C/C=C/C=C\C=C\C=C\CCCCCC(=O)OC(CCCCC/C=C/CCCCCCCCC)CC(=O)NC(CO)C(O)CCCCCCCCCCCCCCCC. The fourth-order valence-electron chi connectivity index (χ4n) is 7.81. The van der Waals surface area contributed by atoms with Gasteiger partial charge in [0.25, 0.3) is 0 Å². The van der Waals surface area contributed by atoms with E-state index in [0.717, 1.165) is 83.5 Å². The molecular weight excluding hydrogens is 791 g/mol. The highest BCUT2D eigenvalue weighted by Gasteiger charge is 2.24. The number of aliphatic hydroxyl groups is 2. The average Bonchev–Trinajstić information content (AvgIpc) is 3.29. The van der Waals surface area contributed by atoms with E-state index in [2.05, 4.69) is 62.5 Å². The zero-order valence-electron chi connectivity index (χ0n) is 41.9. The second-order valence-corrected chi connectivity index (χ2v) is 18.0. The van der Waals surface area contributed by atoms with Crippen LogP contribution in [0.1, 0.15) is 245 Å². The van der Waals surface area contributed by atoms with Crippen LogP contribution < -0.4 is 5.32 Å². The largest absolute Gasteiger partial charge is 0.462 e. The molecule has 6 heteroatoms. The number of carbonyl (C=O) groups excluding carboxylic acids is 2. The van der Waals surface area contributed by atoms with Gasteiger partial charge < -0.3 is 20.3 Å². The summed E-state index contributed by atoms with van der Waals surface area (Å²) in [5.74, 6) is -0.541. The number of nitrogens with one attached hydrogen (secondary N) is 1. The number of aliphatic hydroxyl groups excluding tert-OH is 2. The smallest absolute Gasteiger partial charge is 0.306 e. The van der Waals surface area contributed by atoms with Crippen molar-refractivity contribution in [1.82, 2.24) is 5.32 Å². The predicted octanol–water partition coefficient (Wildman–Crippen LogP) is 16.3. The quantitative estimate of drug-likeness (QED) is 0.0245. The number of esters is 1. The molecule has 0 aliphatic carbocycles. The monoisotopic (exact) mass is 892 g/mol. The maximum Gasteiger partial charge on any atom is 0.306 e. The van der Waals surface area contributed by atoms with Gasteiger partial charge in [-0.05, 0) is 70.6 Å². The van der Waals surface area contributed by atoms with Crippen LogP contribution in [0.4, 0.5) is 0 Å². The van der Waals surface area contributed by atoms with Gasteiger partial charge in [-0.1, -0.05) is 247 Å². The Bertz CT molecular complexity index is 1230. The lowest BCUT2D eigenvalue weighted by molar-refractivity contribution is -0.151. The van der Waals surface area contributed by atoms with Crippen LogP contribution in [-0.2, 0) is 14.3 Å². The summed E-state index contributed by atoms with van der Waals surface area (Å²) < 4.78 is 5.92. The Morgan fingerprint density at radius 2 is 0.859 bits per heavy atom. The van der Waals surface area contributed by atoms with Gasteiger partial charge >= 0.3 is 5.97 Å². The molecule has 0 radical (unpaired) electrons. The highest BCUT2D eigenvalue weighted by Crippen LogP contribution is 2.17. The molecule has 0 heterocycles. The molecule has 0 aromatic rings. The molecule has 0 spiro atoms. The molecule has 0 aromatic heterocycles. The van der Waals surface area contributed by atoms with Crippen molar-refractivity contribution < 1.29 is 24.5 Å². The minimum Gasteiger partial charge on any atom is -0.462 e. The molecule has 0 saturated carbocycles. The third-order valence-corrected chi connectivity index (χ3v) is 11.9. The normalized spacial score (nSPS) is 13.9. The summed E-state index contributed by atoms with van der Waals surface area (Å²) in [6, 6.07) is -0.720. The Morgan fingerprint density at radius 3 is 1.34 bits per heavy atom. The van der Waals surface area contributed by atoms with Crippen LogP contribution in [-0.4, -0.2) is 46.9 Å². The highest BCUT2D eigenvalue weighted by molar-refractivity contribution is 5.77. The highest BCUT2D eigenvalue weighted by atomic mass is 16.5. The number of hydrogen-bond donors (Lipinski definition) is 3. The summed E-state index contributed by atoms with van der Waals surface area (Å²) in [6.07, 6.45) is 66.4. The number of hydrogen-bond acceptors (Lipinski definition) is 5. The van der Waals surface area contributed by atoms with Crippen molar-refractivity contribution in [3.63, 3.8) is 0 Å². The summed E-state index contributed by atoms with van der Waals surface area (Å²) in [4.78, 5) is 26.2. The van der Waals surface area contributed by atoms with Crippen molar-refractivity contribution in [3.05, 3.63) is 85.1 Å². The molecule has 1 amide bonds. The van der Waals surface area contributed by atoms with E-state index in [0.29, 0.717) is 19.3 Å². The van der Waals surface area contributed by atoms with Gasteiger partial charge in [0, 0.05) is 6.42 Å². The predicted molar refractivity (Wildman–Crippen MR) is 278 cm³/mol. The van der Waals surface area contributed by atoms with Gasteiger partial charge in [0.2, 0.25) is 5.91 Å². The van der Waals surface area contributed by atoms with E-state index in [1.54, 1.807) is 0 Å². The number of rotatable bonds is 47. The molecule has 0 fully saturated rings. The molecule has 0 rings (SSSR count). The fraction of sp³-hybridized carbons (Fsp3) is 0.724. The lowest BCUT2D eigenvalue weighted by atomic mass is 10.0. The molecule has 0 aromatic carbocycles. The first-order chi connectivity index (χ1) is 31.5. The van der Waals surface area contributed by atoms with Crippen LogP contribution in [0.3, 0.4) is 0 Å². The molecule has 368 valence electrons. The minimum absolute atomic E-state index is 0.0453. The van der Waals surface area contributed by atoms with Crippen molar-refractivity contribution in [2.75, 3.05) is 6.61 Å². The number of ether oxygens (including phenoxy) is 1. The zero-order valence-corrected chi connectivity index (χ0v) is 41.9. The third-order valence-electron chi connectivity index (χ3n) is 11.9. The maximum absolute atomic E-state index is 13.2. The van der Waals surface area contributed by atoms with E-state index in [-0.39, 0.29) is 24.9 Å². The van der Waals surface area contributed by atoms with Crippen molar-refractivity contribution in [1.29, 1.82) is 0 Å². The number of carbonyl (C=O) groups is 2. The van der Waals surface area contributed by atoms with Crippen molar-refractivity contribution in [3.8, 4) is 0 Å². The molecule has 0 aliphatic rings. The lowest BCUT2D eigenvalue weighted by Crippen LogP contribution is -2.46. The van der Waals surface area contributed by atoms with Gasteiger partial charge in [-0.25, -0.2) is 0 Å². The third kappa shape index (κ3) is 45.6. The minimum atomic E-state index is -0.804. The summed E-state index contributed by atoms with van der Waals surface area (Å²) in [5, 5.41) is 23.8. The number of unbranched alkanes of at least 4 members (excludes halogenated alkanes) is 26. The zero-order chi connectivity index (χ0) is 46.7. The van der Waals surface area contributed by atoms with E-state index in [1.807, 2.05) is 48.6 Å². The first kappa shape index (κ1) is 61.0. The van der Waals surface area contributed by atoms with E-state index in [1.165, 1.54) is 116 Å². The van der Waals surface area contributed by atoms with Crippen molar-refractivity contribution >= 4 is 11.9 Å². The Morgan fingerprint density at radius 1 is 0.469 bits per heavy atom. The Balaban J connectivity index is 4.69. The van der Waals surface area contributed by atoms with Gasteiger partial charge in [0.1, 0.15) is 6.10 Å². The topological polar surface area (TPSA) is 95.9 Å². The fourth-order valence-corrected chi connectivity index (χ4v) is 7.81. The van der Waals surface area contributed by atoms with Crippen LogP contribution in [0.2, 0.25) is 0 Å². The van der Waals surface area contributed by atoms with E-state index >= 15 is 0 Å². The standard InChI is InChI=1S/C58H101NO5/c1-4-7-10-13-16-19-22-25-28-29-30-33-36-39-42-45-48-51-58(63)64-54(49-46-43-40-37-34-31-26-23-20-17-14-11-8-5-2)52-57(62)59-55(53-60)56(61)50-47-44-41-38-35-32-27-24-21-18-15-12-9-6-3/h7,10,13,16,19,22,25,28-31,33-34,36,54-56,60-61H,4-6,8-9,11-12,14-15,17-18,20-21,23-24,26-27,32,35,37-53H2,1-3H3,(H,59,62)/b10-7-,16-13+,22-19+,28-25-,30-29+,34-31+,36-33+. The molecule has 6 nitrogen and oxygen atoms in total. The van der Waals surface area contributed by atoms with Crippen LogP contribution in [0.5, 0.6) is 0 Å². The molecule has 3 unspecified atom stereocenters. The van der Waals surface area contributed by atoms with Crippen LogP contribution in [0, 0.1) is 0 Å². The first-order valence-electron chi connectivity index (χ1n) is 26.9. The molecule has 3 N–H and O–H groups in total. The van der Waals surface area contributed by atoms with Crippen molar-refractivity contribution in [2.45, 2.75) is 264 Å². The summed E-state index contributed by atoms with van der Waals surface area (Å²) in [6.45, 7) is 6.33. The maximum atomic E-state index is 13.2. The molecule has 3 atom stereocenters. The summed E-state index contributed by atoms with van der Waals surface area (Å²) >= 11 is 0. The Hall–Kier alpha value is -2.96. The molecule has 0 saturated heterocycles. The molecular formula is C58H101NO5. The summed E-state index contributed by atoms with van der Waals surface area (Å²) in [7, 11) is 0. The lowest BCUT2D eigenvalue weighted by Gasteiger charge is -2.24. The van der Waals surface area contributed by atoms with Gasteiger partial charge in [-0.3, -0.25) is 9.59 Å². The van der Waals surface area contributed by atoms with Gasteiger partial charge in [0.15, 0.2) is 0 Å². The van der Waals surface area contributed by atoms with Gasteiger partial charge in [0.05, 0.1) is 25.2 Å². The average molecular weight is 892 g/mol. The van der Waals surface area contributed by atoms with Gasteiger partial charge in [-0.2, -0.15) is 0 Å². The first-order valence-corrected chi connectivity index (χ1v) is 26.9. The van der Waals surface area contributed by atoms with Crippen LogP contribution >= 0.6 is 0 Å². The Labute approximate surface area is 395 Å². The molecule has 0 aliphatic heterocycles. The van der Waals surface area contributed by atoms with Crippen LogP contribution in [0.25, 0.3) is 0 Å². The molecule has 64 heavy (non-hydrogen) atoms.